The van der Waals surface area contributed by atoms with Crippen molar-refractivity contribution in [2.45, 2.75) is 32.4 Å². The van der Waals surface area contributed by atoms with Crippen LogP contribution in [0.2, 0.25) is 0 Å². The molecule has 0 aromatic heterocycles. The number of nitrogens with zero attached hydrogens (tertiary/aromatic N) is 1. The van der Waals surface area contributed by atoms with Crippen molar-refractivity contribution in [2.24, 2.45) is 11.8 Å². The first-order valence-electron chi connectivity index (χ1n) is 7.63. The van der Waals surface area contributed by atoms with Crippen molar-refractivity contribution in [1.82, 2.24) is 0 Å². The lowest BCUT2D eigenvalue weighted by Gasteiger charge is -2.23. The lowest BCUT2D eigenvalue weighted by atomic mass is 10.1. The maximum atomic E-state index is 12.9. The molecule has 1 saturated carbocycles. The minimum absolute atomic E-state index is 0.0685. The highest BCUT2D eigenvalue weighted by Gasteiger charge is 2.39. The van der Waals surface area contributed by atoms with Crippen LogP contribution < -0.4 is 10.2 Å². The van der Waals surface area contributed by atoms with Crippen LogP contribution in [0.25, 0.3) is 0 Å². The molecule has 1 amide bonds. The second-order valence-electron chi connectivity index (χ2n) is 6.23. The molecule has 2 aliphatic rings. The first-order chi connectivity index (χ1) is 10.4. The van der Waals surface area contributed by atoms with E-state index in [4.69, 9.17) is 0 Å². The van der Waals surface area contributed by atoms with Gasteiger partial charge in [0.25, 0.3) is 0 Å². The standard InChI is InChI=1S/C16H19F3N2O/c1-10-8-12(10)15(22)20-13-9-11(16(17,18)19)4-5-14(13)21-6-2-3-7-21/h4-5,9-10,12H,2-3,6-8H2,1H3,(H,20,22). The summed E-state index contributed by atoms with van der Waals surface area (Å²) in [6, 6.07) is 3.61. The van der Waals surface area contributed by atoms with E-state index in [2.05, 4.69) is 5.32 Å². The molecule has 1 N–H and O–H groups in total. The SMILES string of the molecule is CC1CC1C(=O)Nc1cc(C(F)(F)F)ccc1N1CCCC1. The summed E-state index contributed by atoms with van der Waals surface area (Å²) in [6.45, 7) is 3.60. The van der Waals surface area contributed by atoms with Gasteiger partial charge < -0.3 is 10.2 Å². The van der Waals surface area contributed by atoms with Gasteiger partial charge in [0.15, 0.2) is 0 Å². The van der Waals surface area contributed by atoms with Crippen LogP contribution in [-0.2, 0) is 11.0 Å². The van der Waals surface area contributed by atoms with Crippen LogP contribution in [0.15, 0.2) is 18.2 Å². The molecule has 2 fully saturated rings. The number of anilines is 2. The number of halogens is 3. The van der Waals surface area contributed by atoms with Crippen LogP contribution in [0.5, 0.6) is 0 Å². The van der Waals surface area contributed by atoms with Gasteiger partial charge in [0.1, 0.15) is 0 Å². The van der Waals surface area contributed by atoms with Gasteiger partial charge in [-0.15, -0.1) is 0 Å². The molecule has 0 bridgehead atoms. The van der Waals surface area contributed by atoms with Crippen LogP contribution in [0.1, 0.15) is 31.7 Å². The molecule has 1 heterocycles. The molecule has 0 radical (unpaired) electrons. The number of carbonyl (C=O) groups excluding carboxylic acids is 1. The molecule has 22 heavy (non-hydrogen) atoms. The van der Waals surface area contributed by atoms with Gasteiger partial charge in [-0.1, -0.05) is 6.92 Å². The van der Waals surface area contributed by atoms with Gasteiger partial charge in [-0.05, 0) is 43.4 Å². The van der Waals surface area contributed by atoms with Gasteiger partial charge in [0, 0.05) is 19.0 Å². The van der Waals surface area contributed by atoms with E-state index in [0.29, 0.717) is 11.6 Å². The Morgan fingerprint density at radius 3 is 2.45 bits per heavy atom. The lowest BCUT2D eigenvalue weighted by molar-refractivity contribution is -0.137. The first-order valence-corrected chi connectivity index (χ1v) is 7.63. The largest absolute Gasteiger partial charge is 0.416 e. The van der Waals surface area contributed by atoms with E-state index in [9.17, 15) is 18.0 Å². The first kappa shape index (κ1) is 15.2. The smallest absolute Gasteiger partial charge is 0.370 e. The Balaban J connectivity index is 1.89. The summed E-state index contributed by atoms with van der Waals surface area (Å²) in [5.74, 6) is 0.0780. The normalized spacial score (nSPS) is 24.5. The lowest BCUT2D eigenvalue weighted by Crippen LogP contribution is -2.22. The molecule has 1 aromatic rings. The van der Waals surface area contributed by atoms with E-state index < -0.39 is 11.7 Å². The van der Waals surface area contributed by atoms with Gasteiger partial charge in [-0.25, -0.2) is 0 Å². The Labute approximate surface area is 127 Å². The molecule has 120 valence electrons. The minimum Gasteiger partial charge on any atom is -0.370 e. The van der Waals surface area contributed by atoms with Crippen LogP contribution >= 0.6 is 0 Å². The predicted octanol–water partition coefficient (Wildman–Crippen LogP) is 3.90. The number of nitrogens with one attached hydrogen (secondary N) is 1. The fourth-order valence-electron chi connectivity index (χ4n) is 2.96. The Bertz CT molecular complexity index is 579. The molecular weight excluding hydrogens is 293 g/mol. The molecule has 3 nitrogen and oxygen atoms in total. The fourth-order valence-corrected chi connectivity index (χ4v) is 2.96. The summed E-state index contributed by atoms with van der Waals surface area (Å²) in [6.07, 6.45) is -1.55. The zero-order valence-electron chi connectivity index (χ0n) is 12.4. The topological polar surface area (TPSA) is 32.3 Å². The molecule has 1 aliphatic heterocycles. The van der Waals surface area contributed by atoms with Crippen LogP contribution in [0.4, 0.5) is 24.5 Å². The number of alkyl halides is 3. The van der Waals surface area contributed by atoms with Crippen molar-refractivity contribution < 1.29 is 18.0 Å². The average Bonchev–Trinajstić information content (AvgIpc) is 2.97. The van der Waals surface area contributed by atoms with Gasteiger partial charge in [-0.2, -0.15) is 13.2 Å². The van der Waals surface area contributed by atoms with E-state index in [1.807, 2.05) is 11.8 Å². The van der Waals surface area contributed by atoms with Gasteiger partial charge >= 0.3 is 6.18 Å². The molecule has 2 unspecified atom stereocenters. The van der Waals surface area contributed by atoms with Crippen molar-refractivity contribution in [3.05, 3.63) is 23.8 Å². The minimum atomic E-state index is -4.41. The predicted molar refractivity (Wildman–Crippen MR) is 78.8 cm³/mol. The summed E-state index contributed by atoms with van der Waals surface area (Å²) < 4.78 is 38.8. The van der Waals surface area contributed by atoms with Gasteiger partial charge in [0.05, 0.1) is 16.9 Å². The maximum Gasteiger partial charge on any atom is 0.416 e. The monoisotopic (exact) mass is 312 g/mol. The number of benzene rings is 1. The van der Waals surface area contributed by atoms with E-state index in [0.717, 1.165) is 44.5 Å². The van der Waals surface area contributed by atoms with E-state index in [1.54, 1.807) is 0 Å². The molecule has 3 rings (SSSR count). The van der Waals surface area contributed by atoms with Crippen LogP contribution in [-0.4, -0.2) is 19.0 Å². The second kappa shape index (κ2) is 5.48. The highest BCUT2D eigenvalue weighted by molar-refractivity contribution is 5.97. The van der Waals surface area contributed by atoms with Crippen molar-refractivity contribution in [3.63, 3.8) is 0 Å². The zero-order valence-corrected chi connectivity index (χ0v) is 12.4. The average molecular weight is 312 g/mol. The van der Waals surface area contributed by atoms with E-state index in [1.165, 1.54) is 6.07 Å². The molecular formula is C16H19F3N2O. The summed E-state index contributed by atoms with van der Waals surface area (Å²) >= 11 is 0. The fraction of sp³-hybridized carbons (Fsp3) is 0.562. The number of rotatable bonds is 3. The van der Waals surface area contributed by atoms with Crippen molar-refractivity contribution in [2.75, 3.05) is 23.3 Å². The number of hydrogen-bond donors (Lipinski definition) is 1. The molecule has 1 saturated heterocycles. The third-order valence-electron chi connectivity index (χ3n) is 4.47. The second-order valence-corrected chi connectivity index (χ2v) is 6.23. The molecule has 0 spiro atoms. The summed E-state index contributed by atoms with van der Waals surface area (Å²) in [7, 11) is 0. The van der Waals surface area contributed by atoms with E-state index in [-0.39, 0.29) is 17.5 Å². The van der Waals surface area contributed by atoms with Gasteiger partial charge in [0.2, 0.25) is 5.91 Å². The number of carbonyl (C=O) groups is 1. The van der Waals surface area contributed by atoms with Gasteiger partial charge in [-0.3, -0.25) is 4.79 Å². The maximum absolute atomic E-state index is 12.9. The molecule has 6 heteroatoms. The summed E-state index contributed by atoms with van der Waals surface area (Å²) in [5.41, 5.74) is 0.238. The van der Waals surface area contributed by atoms with Crippen molar-refractivity contribution in [1.29, 1.82) is 0 Å². The van der Waals surface area contributed by atoms with E-state index >= 15 is 0 Å². The van der Waals surface area contributed by atoms with Crippen molar-refractivity contribution >= 4 is 17.3 Å². The quantitative estimate of drug-likeness (QED) is 0.918. The molecule has 1 aliphatic carbocycles. The Morgan fingerprint density at radius 2 is 1.91 bits per heavy atom. The number of hydrogen-bond acceptors (Lipinski definition) is 2. The van der Waals surface area contributed by atoms with Crippen LogP contribution in [0, 0.1) is 11.8 Å². The zero-order chi connectivity index (χ0) is 15.9. The Morgan fingerprint density at radius 1 is 1.27 bits per heavy atom. The number of amides is 1. The summed E-state index contributed by atoms with van der Waals surface area (Å²) in [4.78, 5) is 14.1. The highest BCUT2D eigenvalue weighted by Crippen LogP contribution is 2.41. The van der Waals surface area contributed by atoms with Crippen molar-refractivity contribution in [3.8, 4) is 0 Å². The third kappa shape index (κ3) is 3.05. The Hall–Kier alpha value is -1.72. The summed E-state index contributed by atoms with van der Waals surface area (Å²) in [5, 5.41) is 2.71. The molecule has 2 atom stereocenters. The Kier molecular flexibility index (Phi) is 3.78. The van der Waals surface area contributed by atoms with Crippen LogP contribution in [0.3, 0.4) is 0 Å². The third-order valence-corrected chi connectivity index (χ3v) is 4.47. The molecule has 1 aromatic carbocycles. The highest BCUT2D eigenvalue weighted by atomic mass is 19.4.